The smallest absolute Gasteiger partial charge is 0.333 e. The van der Waals surface area contributed by atoms with Crippen molar-refractivity contribution >= 4 is 82.5 Å². The second kappa shape index (κ2) is 10.4. The summed E-state index contributed by atoms with van der Waals surface area (Å²) in [5.41, 5.74) is 19.6. The number of thiophene rings is 1. The Labute approximate surface area is 323 Å². The summed E-state index contributed by atoms with van der Waals surface area (Å²) in [6.07, 6.45) is 0. The molecule has 0 saturated carbocycles. The van der Waals surface area contributed by atoms with Crippen LogP contribution in [0.3, 0.4) is 0 Å². The molecule has 13 rings (SSSR count). The minimum absolute atomic E-state index is 0.0279. The largest absolute Gasteiger partial charge is 0.376 e. The van der Waals surface area contributed by atoms with E-state index in [0.29, 0.717) is 0 Å². The van der Waals surface area contributed by atoms with Gasteiger partial charge in [-0.2, -0.15) is 0 Å². The Morgan fingerprint density at radius 1 is 0.509 bits per heavy atom. The van der Waals surface area contributed by atoms with Gasteiger partial charge in [0.05, 0.1) is 15.7 Å². The van der Waals surface area contributed by atoms with Gasteiger partial charge in [0, 0.05) is 43.5 Å². The fraction of sp³-hybridized carbons (Fsp3) is 0.0588. The summed E-state index contributed by atoms with van der Waals surface area (Å²) in [6.45, 7) is 4.76. The van der Waals surface area contributed by atoms with E-state index >= 15 is 0 Å². The van der Waals surface area contributed by atoms with Crippen molar-refractivity contribution in [2.45, 2.75) is 19.3 Å². The fourth-order valence-electron chi connectivity index (χ4n) is 10.5. The first-order chi connectivity index (χ1) is 27.0. The quantitative estimate of drug-likeness (QED) is 0.162. The van der Waals surface area contributed by atoms with E-state index in [-0.39, 0.29) is 12.3 Å². The zero-order valence-corrected chi connectivity index (χ0v) is 31.3. The molecule has 0 radical (unpaired) electrons. The van der Waals surface area contributed by atoms with Crippen molar-refractivity contribution < 1.29 is 0 Å². The lowest BCUT2D eigenvalue weighted by Gasteiger charge is -2.43. The molecule has 0 bridgehead atoms. The lowest BCUT2D eigenvalue weighted by atomic mass is 9.44. The second-order valence-corrected chi connectivity index (χ2v) is 17.1. The number of para-hydroxylation sites is 1. The number of rotatable bonds is 2. The maximum atomic E-state index is 2.69. The number of aromatic nitrogens is 1. The van der Waals surface area contributed by atoms with E-state index in [9.17, 15) is 0 Å². The molecule has 256 valence electrons. The van der Waals surface area contributed by atoms with E-state index < -0.39 is 0 Å². The van der Waals surface area contributed by atoms with Crippen LogP contribution in [-0.2, 0) is 5.41 Å². The predicted molar refractivity (Wildman–Crippen MR) is 236 cm³/mol. The molecular formula is C51H33BN2S. The van der Waals surface area contributed by atoms with Gasteiger partial charge in [0.25, 0.3) is 0 Å². The van der Waals surface area contributed by atoms with Crippen molar-refractivity contribution in [3.63, 3.8) is 0 Å². The van der Waals surface area contributed by atoms with Crippen molar-refractivity contribution in [1.82, 2.24) is 4.57 Å². The summed E-state index contributed by atoms with van der Waals surface area (Å²) in [4.78, 5) is 2.69. The van der Waals surface area contributed by atoms with Gasteiger partial charge in [0.15, 0.2) is 0 Å². The van der Waals surface area contributed by atoms with E-state index in [4.69, 9.17) is 0 Å². The third kappa shape index (κ3) is 3.80. The molecule has 3 aliphatic rings. The third-order valence-corrected chi connectivity index (χ3v) is 14.1. The highest BCUT2D eigenvalue weighted by atomic mass is 32.1. The summed E-state index contributed by atoms with van der Waals surface area (Å²) >= 11 is 1.93. The third-order valence-electron chi connectivity index (χ3n) is 12.9. The van der Waals surface area contributed by atoms with E-state index in [1.165, 1.54) is 114 Å². The molecule has 0 unspecified atom stereocenters. The topological polar surface area (TPSA) is 8.17 Å². The van der Waals surface area contributed by atoms with Crippen LogP contribution in [0.5, 0.6) is 0 Å². The van der Waals surface area contributed by atoms with Crippen LogP contribution < -0.4 is 15.7 Å². The average molecular weight is 717 g/mol. The number of nitrogens with zero attached hydrogens (tertiary/aromatic N) is 2. The average Bonchev–Trinajstić information content (AvgIpc) is 3.84. The highest BCUT2D eigenvalue weighted by molar-refractivity contribution is 7.26. The monoisotopic (exact) mass is 716 g/mol. The fourth-order valence-corrected chi connectivity index (χ4v) is 11.7. The first-order valence-electron chi connectivity index (χ1n) is 19.3. The first-order valence-corrected chi connectivity index (χ1v) is 20.1. The Bertz CT molecular complexity index is 3310. The molecule has 2 aliphatic heterocycles. The predicted octanol–water partition coefficient (Wildman–Crippen LogP) is 12.4. The molecule has 1 aliphatic carbocycles. The number of anilines is 2. The van der Waals surface area contributed by atoms with Gasteiger partial charge in [0.2, 0.25) is 0 Å². The van der Waals surface area contributed by atoms with Crippen LogP contribution in [0, 0.1) is 0 Å². The number of benzene rings is 8. The molecule has 0 atom stereocenters. The van der Waals surface area contributed by atoms with Crippen LogP contribution >= 0.6 is 11.3 Å². The molecule has 0 saturated heterocycles. The first kappa shape index (κ1) is 30.0. The van der Waals surface area contributed by atoms with Gasteiger partial charge >= 0.3 is 6.85 Å². The minimum Gasteiger partial charge on any atom is -0.376 e. The second-order valence-electron chi connectivity index (χ2n) is 16.1. The molecule has 2 nitrogen and oxygen atoms in total. The highest BCUT2D eigenvalue weighted by Gasteiger charge is 2.45. The molecule has 0 N–H and O–H groups in total. The van der Waals surface area contributed by atoms with Crippen LogP contribution in [0.4, 0.5) is 11.4 Å². The molecule has 0 amide bonds. The van der Waals surface area contributed by atoms with Crippen molar-refractivity contribution in [2.24, 2.45) is 0 Å². The summed E-state index contributed by atoms with van der Waals surface area (Å²) < 4.78 is 5.33. The zero-order valence-electron chi connectivity index (χ0n) is 30.5. The molecule has 8 aromatic carbocycles. The molecule has 0 spiro atoms. The maximum absolute atomic E-state index is 2.69. The van der Waals surface area contributed by atoms with Gasteiger partial charge in [-0.25, -0.2) is 0 Å². The molecule has 2 aromatic heterocycles. The minimum atomic E-state index is -0.107. The van der Waals surface area contributed by atoms with E-state index in [1.807, 2.05) is 11.3 Å². The SMILES string of the molecule is CC1(C)c2ccccc2-c2ccc(N3B4c5c(cc(-c6ccccc6)cc5-n5c6c4cccc6c4sc6ccccc6c45)-c4cc5ccccc5cc43)cc21. The lowest BCUT2D eigenvalue weighted by molar-refractivity contribution is 0.660. The summed E-state index contributed by atoms with van der Waals surface area (Å²) in [5, 5.41) is 5.17. The Hall–Kier alpha value is -6.36. The Balaban J connectivity index is 1.19. The zero-order chi connectivity index (χ0) is 36.2. The van der Waals surface area contributed by atoms with Crippen molar-refractivity contribution in [3.8, 4) is 39.1 Å². The molecule has 55 heavy (non-hydrogen) atoms. The molecule has 10 aromatic rings. The van der Waals surface area contributed by atoms with Gasteiger partial charge < -0.3 is 9.38 Å². The molecule has 4 heterocycles. The van der Waals surface area contributed by atoms with Crippen molar-refractivity contribution in [1.29, 1.82) is 0 Å². The number of hydrogen-bond acceptors (Lipinski definition) is 2. The van der Waals surface area contributed by atoms with Crippen LogP contribution in [0.2, 0.25) is 0 Å². The van der Waals surface area contributed by atoms with E-state index in [2.05, 4.69) is 187 Å². The van der Waals surface area contributed by atoms with Crippen molar-refractivity contribution in [3.05, 3.63) is 175 Å². The van der Waals surface area contributed by atoms with Crippen LogP contribution in [0.1, 0.15) is 25.0 Å². The van der Waals surface area contributed by atoms with Gasteiger partial charge in [-0.1, -0.05) is 135 Å². The molecule has 4 heteroatoms. The molecular weight excluding hydrogens is 683 g/mol. The van der Waals surface area contributed by atoms with Gasteiger partial charge in [0.1, 0.15) is 0 Å². The van der Waals surface area contributed by atoms with Crippen molar-refractivity contribution in [2.75, 3.05) is 4.81 Å². The number of fused-ring (bicyclic) bond motifs is 13. The Kier molecular flexibility index (Phi) is 5.70. The Morgan fingerprint density at radius 3 is 2.15 bits per heavy atom. The summed E-state index contributed by atoms with van der Waals surface area (Å²) in [6, 6.07) is 61.9. The summed E-state index contributed by atoms with van der Waals surface area (Å²) in [7, 11) is 0. The Morgan fingerprint density at radius 2 is 1.25 bits per heavy atom. The lowest BCUT2D eigenvalue weighted by Crippen LogP contribution is -2.60. The summed E-state index contributed by atoms with van der Waals surface area (Å²) in [5.74, 6) is 0. The normalized spacial score (nSPS) is 14.4. The van der Waals surface area contributed by atoms with E-state index in [1.54, 1.807) is 0 Å². The van der Waals surface area contributed by atoms with Gasteiger partial charge in [-0.15, -0.1) is 11.3 Å². The maximum Gasteiger partial charge on any atom is 0.333 e. The standard InChI is InChI=1S/C51H33BN2S/c1-51(2)41-20-10-8-17-35(41)36-24-23-34(29-42(36)51)54-44-27-32-16-7-6-15-31(32)25-39(44)40-26-33(30-13-4-3-5-14-30)28-45-47(40)52(54)43-21-12-19-38-48(43)53(45)49-37-18-9-11-22-46(37)55-50(38)49/h3-29H,1-2H3. The van der Waals surface area contributed by atoms with E-state index in [0.717, 1.165) is 0 Å². The van der Waals surface area contributed by atoms with Gasteiger partial charge in [-0.3, -0.25) is 0 Å². The molecule has 0 fully saturated rings. The van der Waals surface area contributed by atoms with Crippen LogP contribution in [0.15, 0.2) is 164 Å². The highest BCUT2D eigenvalue weighted by Crippen LogP contribution is 2.52. The number of hydrogen-bond donors (Lipinski definition) is 0. The van der Waals surface area contributed by atoms with Crippen LogP contribution in [0.25, 0.3) is 81.0 Å². The van der Waals surface area contributed by atoms with Gasteiger partial charge in [-0.05, 0) is 103 Å². The van der Waals surface area contributed by atoms with Crippen LogP contribution in [-0.4, -0.2) is 11.4 Å².